The van der Waals surface area contributed by atoms with Crippen molar-refractivity contribution in [2.45, 2.75) is 20.0 Å². The lowest BCUT2D eigenvalue weighted by molar-refractivity contribution is 0.682. The number of aryl methyl sites for hydroxylation is 1. The van der Waals surface area contributed by atoms with Crippen LogP contribution in [0, 0.1) is 6.92 Å². The molecule has 4 heteroatoms. The van der Waals surface area contributed by atoms with Crippen LogP contribution < -0.4 is 5.32 Å². The quantitative estimate of drug-likeness (QED) is 0.805. The van der Waals surface area contributed by atoms with E-state index in [2.05, 4.69) is 33.9 Å². The van der Waals surface area contributed by atoms with Gasteiger partial charge in [-0.1, -0.05) is 0 Å². The molecule has 0 radical (unpaired) electrons. The number of nitrogens with one attached hydrogen (secondary N) is 2. The standard InChI is InChI=1S/C10H13N3S/c1-8-3-5-14-10(8)7-11-6-9-2-4-12-13-9/h2-5,11H,6-7H2,1H3,(H,12,13). The zero-order valence-corrected chi connectivity index (χ0v) is 8.90. The van der Waals surface area contributed by atoms with Crippen molar-refractivity contribution >= 4 is 11.3 Å². The Morgan fingerprint density at radius 3 is 3.00 bits per heavy atom. The maximum atomic E-state index is 3.89. The van der Waals surface area contributed by atoms with Crippen molar-refractivity contribution in [2.75, 3.05) is 0 Å². The van der Waals surface area contributed by atoms with Crippen molar-refractivity contribution in [3.63, 3.8) is 0 Å². The molecule has 0 unspecified atom stereocenters. The molecule has 2 heterocycles. The summed E-state index contributed by atoms with van der Waals surface area (Å²) in [7, 11) is 0. The van der Waals surface area contributed by atoms with Crippen LogP contribution in [0.1, 0.15) is 16.1 Å². The third-order valence-corrected chi connectivity index (χ3v) is 3.15. The Bertz CT molecular complexity index is 378. The Kier molecular flexibility index (Phi) is 2.96. The maximum Gasteiger partial charge on any atom is 0.0490 e. The van der Waals surface area contributed by atoms with Gasteiger partial charge < -0.3 is 5.32 Å². The Morgan fingerprint density at radius 1 is 1.43 bits per heavy atom. The molecule has 0 aliphatic rings. The van der Waals surface area contributed by atoms with Crippen LogP contribution in [0.25, 0.3) is 0 Å². The van der Waals surface area contributed by atoms with Crippen LogP contribution in [0.15, 0.2) is 23.7 Å². The summed E-state index contributed by atoms with van der Waals surface area (Å²) in [6.07, 6.45) is 1.77. The van der Waals surface area contributed by atoms with E-state index in [4.69, 9.17) is 0 Å². The highest BCUT2D eigenvalue weighted by molar-refractivity contribution is 7.10. The van der Waals surface area contributed by atoms with E-state index in [-0.39, 0.29) is 0 Å². The normalized spacial score (nSPS) is 10.6. The molecule has 74 valence electrons. The summed E-state index contributed by atoms with van der Waals surface area (Å²) >= 11 is 1.80. The van der Waals surface area contributed by atoms with E-state index in [1.54, 1.807) is 17.5 Å². The number of hydrogen-bond acceptors (Lipinski definition) is 3. The van der Waals surface area contributed by atoms with E-state index in [0.29, 0.717) is 0 Å². The molecule has 0 aromatic carbocycles. The number of H-pyrrole nitrogens is 1. The molecule has 0 saturated carbocycles. The van der Waals surface area contributed by atoms with Gasteiger partial charge in [-0.05, 0) is 30.0 Å². The lowest BCUT2D eigenvalue weighted by Gasteiger charge is -2.01. The SMILES string of the molecule is Cc1ccsc1CNCc1ccn[nH]1. The number of aromatic amines is 1. The molecule has 0 saturated heterocycles. The molecule has 0 bridgehead atoms. The van der Waals surface area contributed by atoms with Gasteiger partial charge in [0.2, 0.25) is 0 Å². The fourth-order valence-electron chi connectivity index (χ4n) is 1.28. The van der Waals surface area contributed by atoms with E-state index in [9.17, 15) is 0 Å². The predicted octanol–water partition coefficient (Wildman–Crippen LogP) is 2.07. The Balaban J connectivity index is 1.81. The minimum Gasteiger partial charge on any atom is -0.306 e. The second-order valence-corrected chi connectivity index (χ2v) is 4.21. The molecular formula is C10H13N3S. The number of nitrogens with zero attached hydrogens (tertiary/aromatic N) is 1. The van der Waals surface area contributed by atoms with Gasteiger partial charge in [0.25, 0.3) is 0 Å². The third kappa shape index (κ3) is 2.21. The van der Waals surface area contributed by atoms with Gasteiger partial charge in [0.15, 0.2) is 0 Å². The van der Waals surface area contributed by atoms with E-state index in [0.717, 1.165) is 18.8 Å². The van der Waals surface area contributed by atoms with E-state index >= 15 is 0 Å². The van der Waals surface area contributed by atoms with Gasteiger partial charge in [0.05, 0.1) is 0 Å². The lowest BCUT2D eigenvalue weighted by Crippen LogP contribution is -2.12. The van der Waals surface area contributed by atoms with Crippen LogP contribution in [0.5, 0.6) is 0 Å². The Morgan fingerprint density at radius 2 is 2.36 bits per heavy atom. The highest BCUT2D eigenvalue weighted by Crippen LogP contribution is 2.14. The van der Waals surface area contributed by atoms with Gasteiger partial charge in [-0.25, -0.2) is 0 Å². The number of rotatable bonds is 4. The fourth-order valence-corrected chi connectivity index (χ4v) is 2.15. The van der Waals surface area contributed by atoms with Crippen LogP contribution >= 0.6 is 11.3 Å². The van der Waals surface area contributed by atoms with Crippen molar-refractivity contribution < 1.29 is 0 Å². The van der Waals surface area contributed by atoms with Crippen LogP contribution in [0.2, 0.25) is 0 Å². The van der Waals surface area contributed by atoms with Crippen molar-refractivity contribution in [1.82, 2.24) is 15.5 Å². The molecule has 2 rings (SSSR count). The summed E-state index contributed by atoms with van der Waals surface area (Å²) in [5.41, 5.74) is 2.49. The highest BCUT2D eigenvalue weighted by Gasteiger charge is 1.99. The summed E-state index contributed by atoms with van der Waals surface area (Å²) in [6, 6.07) is 4.13. The summed E-state index contributed by atoms with van der Waals surface area (Å²) in [5.74, 6) is 0. The van der Waals surface area contributed by atoms with E-state index in [1.165, 1.54) is 10.4 Å². The second kappa shape index (κ2) is 4.39. The van der Waals surface area contributed by atoms with Crippen LogP contribution in [0.4, 0.5) is 0 Å². The van der Waals surface area contributed by atoms with Crippen LogP contribution in [-0.2, 0) is 13.1 Å². The average Bonchev–Trinajstić information content (AvgIpc) is 2.78. The molecule has 0 spiro atoms. The smallest absolute Gasteiger partial charge is 0.0490 e. The minimum atomic E-state index is 0.845. The zero-order chi connectivity index (χ0) is 9.80. The second-order valence-electron chi connectivity index (χ2n) is 3.21. The van der Waals surface area contributed by atoms with E-state index < -0.39 is 0 Å². The summed E-state index contributed by atoms with van der Waals surface area (Å²) in [6.45, 7) is 3.92. The van der Waals surface area contributed by atoms with Crippen LogP contribution in [-0.4, -0.2) is 10.2 Å². The Labute approximate surface area is 87.2 Å². The number of aromatic nitrogens is 2. The van der Waals surface area contributed by atoms with Gasteiger partial charge in [-0.3, -0.25) is 5.10 Å². The minimum absolute atomic E-state index is 0.845. The van der Waals surface area contributed by atoms with Crippen molar-refractivity contribution in [3.8, 4) is 0 Å². The van der Waals surface area contributed by atoms with Gasteiger partial charge in [0, 0.05) is 29.9 Å². The van der Waals surface area contributed by atoms with E-state index in [1.807, 2.05) is 6.07 Å². The summed E-state index contributed by atoms with van der Waals surface area (Å²) < 4.78 is 0. The highest BCUT2D eigenvalue weighted by atomic mass is 32.1. The van der Waals surface area contributed by atoms with Crippen molar-refractivity contribution in [3.05, 3.63) is 39.8 Å². The molecule has 14 heavy (non-hydrogen) atoms. The molecular weight excluding hydrogens is 194 g/mol. The first-order chi connectivity index (χ1) is 6.86. The molecule has 0 fully saturated rings. The Hall–Kier alpha value is -1.13. The third-order valence-electron chi connectivity index (χ3n) is 2.13. The first-order valence-electron chi connectivity index (χ1n) is 4.58. The summed E-state index contributed by atoms with van der Waals surface area (Å²) in [4.78, 5) is 1.41. The van der Waals surface area contributed by atoms with Crippen LogP contribution in [0.3, 0.4) is 0 Å². The molecule has 2 N–H and O–H groups in total. The van der Waals surface area contributed by atoms with Gasteiger partial charge >= 0.3 is 0 Å². The first kappa shape index (κ1) is 9.43. The molecule has 0 atom stereocenters. The molecule has 0 aliphatic heterocycles. The lowest BCUT2D eigenvalue weighted by atomic mass is 10.3. The topological polar surface area (TPSA) is 40.7 Å². The van der Waals surface area contributed by atoms with Crippen molar-refractivity contribution in [1.29, 1.82) is 0 Å². The molecule has 2 aromatic rings. The average molecular weight is 207 g/mol. The van der Waals surface area contributed by atoms with Gasteiger partial charge in [0.1, 0.15) is 0 Å². The van der Waals surface area contributed by atoms with Gasteiger partial charge in [-0.15, -0.1) is 11.3 Å². The number of thiophene rings is 1. The molecule has 2 aromatic heterocycles. The van der Waals surface area contributed by atoms with Crippen molar-refractivity contribution in [2.24, 2.45) is 0 Å². The molecule has 0 aliphatic carbocycles. The molecule has 0 amide bonds. The zero-order valence-electron chi connectivity index (χ0n) is 8.08. The largest absolute Gasteiger partial charge is 0.306 e. The maximum absolute atomic E-state index is 3.89. The fraction of sp³-hybridized carbons (Fsp3) is 0.300. The summed E-state index contributed by atoms with van der Waals surface area (Å²) in [5, 5.41) is 12.3. The van der Waals surface area contributed by atoms with Gasteiger partial charge in [-0.2, -0.15) is 5.10 Å². The number of hydrogen-bond donors (Lipinski definition) is 2. The predicted molar refractivity (Wildman–Crippen MR) is 58.2 cm³/mol. The first-order valence-corrected chi connectivity index (χ1v) is 5.46. The molecule has 3 nitrogen and oxygen atoms in total. The monoisotopic (exact) mass is 207 g/mol.